The van der Waals surface area contributed by atoms with Crippen LogP contribution in [0.4, 0.5) is 8.78 Å². The van der Waals surface area contributed by atoms with Crippen LogP contribution in [0.1, 0.15) is 25.3 Å². The van der Waals surface area contributed by atoms with Gasteiger partial charge in [0.15, 0.2) is 0 Å². The molecule has 100 valence electrons. The van der Waals surface area contributed by atoms with Crippen molar-refractivity contribution < 1.29 is 13.6 Å². The van der Waals surface area contributed by atoms with Gasteiger partial charge < -0.3 is 11.1 Å². The lowest BCUT2D eigenvalue weighted by Gasteiger charge is -2.07. The number of amides is 1. The van der Waals surface area contributed by atoms with Crippen molar-refractivity contribution in [3.05, 3.63) is 35.4 Å². The first kappa shape index (κ1) is 14.6. The molecule has 1 atom stereocenters. The molecule has 0 saturated heterocycles. The highest BCUT2D eigenvalue weighted by Crippen LogP contribution is 2.09. The summed E-state index contributed by atoms with van der Waals surface area (Å²) in [6.45, 7) is 2.12. The molecule has 3 N–H and O–H groups in total. The highest BCUT2D eigenvalue weighted by Gasteiger charge is 2.06. The number of nitrogens with one attached hydrogen (secondary N) is 1. The third kappa shape index (κ3) is 5.23. The van der Waals surface area contributed by atoms with Gasteiger partial charge in [0.25, 0.3) is 0 Å². The van der Waals surface area contributed by atoms with Crippen molar-refractivity contribution in [1.82, 2.24) is 5.32 Å². The highest BCUT2D eigenvalue weighted by molar-refractivity contribution is 5.75. The first-order valence-corrected chi connectivity index (χ1v) is 5.95. The lowest BCUT2D eigenvalue weighted by molar-refractivity contribution is -0.121. The smallest absolute Gasteiger partial charge is 0.220 e. The van der Waals surface area contributed by atoms with Crippen molar-refractivity contribution >= 4 is 5.91 Å². The van der Waals surface area contributed by atoms with Crippen molar-refractivity contribution in [2.75, 3.05) is 6.54 Å². The zero-order valence-corrected chi connectivity index (χ0v) is 10.4. The SMILES string of the molecule is CC(N)CCC(=O)NCCc1cc(F)ccc1F. The van der Waals surface area contributed by atoms with E-state index in [1.165, 1.54) is 0 Å². The summed E-state index contributed by atoms with van der Waals surface area (Å²) in [5.41, 5.74) is 5.79. The van der Waals surface area contributed by atoms with E-state index in [0.717, 1.165) is 18.2 Å². The van der Waals surface area contributed by atoms with E-state index in [1.54, 1.807) is 0 Å². The van der Waals surface area contributed by atoms with Gasteiger partial charge in [0.05, 0.1) is 0 Å². The van der Waals surface area contributed by atoms with E-state index in [9.17, 15) is 13.6 Å². The van der Waals surface area contributed by atoms with Gasteiger partial charge in [-0.15, -0.1) is 0 Å². The first-order chi connectivity index (χ1) is 8.49. The van der Waals surface area contributed by atoms with Crippen molar-refractivity contribution in [1.29, 1.82) is 0 Å². The topological polar surface area (TPSA) is 55.1 Å². The summed E-state index contributed by atoms with van der Waals surface area (Å²) in [6.07, 6.45) is 1.23. The van der Waals surface area contributed by atoms with Gasteiger partial charge in [0.2, 0.25) is 5.91 Å². The van der Waals surface area contributed by atoms with Gasteiger partial charge in [0.1, 0.15) is 11.6 Å². The lowest BCUT2D eigenvalue weighted by Crippen LogP contribution is -2.27. The second kappa shape index (κ2) is 7.06. The number of carbonyl (C=O) groups excluding carboxylic acids is 1. The summed E-state index contributed by atoms with van der Waals surface area (Å²) in [4.78, 5) is 11.4. The number of nitrogens with two attached hydrogens (primary N) is 1. The Kier molecular flexibility index (Phi) is 5.71. The van der Waals surface area contributed by atoms with Gasteiger partial charge in [-0.05, 0) is 43.5 Å². The number of halogens is 2. The molecule has 1 aromatic rings. The zero-order valence-electron chi connectivity index (χ0n) is 10.4. The third-order valence-corrected chi connectivity index (χ3v) is 2.55. The van der Waals surface area contributed by atoms with E-state index in [2.05, 4.69) is 5.32 Å². The summed E-state index contributed by atoms with van der Waals surface area (Å²) in [7, 11) is 0. The van der Waals surface area contributed by atoms with Crippen LogP contribution in [0, 0.1) is 11.6 Å². The second-order valence-corrected chi connectivity index (χ2v) is 4.35. The largest absolute Gasteiger partial charge is 0.356 e. The molecule has 0 aliphatic carbocycles. The molecule has 0 spiro atoms. The molecule has 3 nitrogen and oxygen atoms in total. The quantitative estimate of drug-likeness (QED) is 0.814. The molecule has 0 aromatic heterocycles. The summed E-state index contributed by atoms with van der Waals surface area (Å²) in [5.74, 6) is -1.06. The molecule has 0 aliphatic rings. The van der Waals surface area contributed by atoms with Crippen molar-refractivity contribution in [3.8, 4) is 0 Å². The molecule has 1 aromatic carbocycles. The molecule has 0 aliphatic heterocycles. The van der Waals surface area contributed by atoms with Gasteiger partial charge in [0, 0.05) is 19.0 Å². The van der Waals surface area contributed by atoms with Crippen molar-refractivity contribution in [2.24, 2.45) is 5.73 Å². The fourth-order valence-electron chi connectivity index (χ4n) is 1.52. The van der Waals surface area contributed by atoms with Crippen LogP contribution < -0.4 is 11.1 Å². The minimum atomic E-state index is -0.477. The highest BCUT2D eigenvalue weighted by atomic mass is 19.1. The molecule has 1 unspecified atom stereocenters. The van der Waals surface area contributed by atoms with Crippen LogP contribution in [0.15, 0.2) is 18.2 Å². The van der Waals surface area contributed by atoms with Gasteiger partial charge >= 0.3 is 0 Å². The summed E-state index contributed by atoms with van der Waals surface area (Å²) >= 11 is 0. The lowest BCUT2D eigenvalue weighted by atomic mass is 10.1. The molecule has 0 fully saturated rings. The van der Waals surface area contributed by atoms with E-state index in [1.807, 2.05) is 6.92 Å². The Hall–Kier alpha value is -1.49. The molecular formula is C13H18F2N2O. The fourth-order valence-corrected chi connectivity index (χ4v) is 1.52. The van der Waals surface area contributed by atoms with E-state index < -0.39 is 11.6 Å². The predicted octanol–water partition coefficient (Wildman–Crippen LogP) is 1.75. The second-order valence-electron chi connectivity index (χ2n) is 4.35. The molecule has 18 heavy (non-hydrogen) atoms. The third-order valence-electron chi connectivity index (χ3n) is 2.55. The van der Waals surface area contributed by atoms with E-state index in [0.29, 0.717) is 12.8 Å². The Morgan fingerprint density at radius 2 is 2.17 bits per heavy atom. The Bertz CT molecular complexity index is 408. The standard InChI is InChI=1S/C13H18F2N2O/c1-9(16)2-5-13(18)17-7-6-10-8-11(14)3-4-12(10)15/h3-4,8-9H,2,5-7,16H2,1H3,(H,17,18). The zero-order chi connectivity index (χ0) is 13.5. The predicted molar refractivity (Wildman–Crippen MR) is 66.0 cm³/mol. The number of benzene rings is 1. The fraction of sp³-hybridized carbons (Fsp3) is 0.462. The van der Waals surface area contributed by atoms with Crippen LogP contribution in [0.25, 0.3) is 0 Å². The number of rotatable bonds is 6. The van der Waals surface area contributed by atoms with Crippen LogP contribution in [0.2, 0.25) is 0 Å². The van der Waals surface area contributed by atoms with Crippen LogP contribution in [-0.2, 0) is 11.2 Å². The molecule has 0 heterocycles. The van der Waals surface area contributed by atoms with E-state index in [4.69, 9.17) is 5.73 Å². The maximum Gasteiger partial charge on any atom is 0.220 e. The van der Waals surface area contributed by atoms with E-state index in [-0.39, 0.29) is 30.5 Å². The normalized spacial score (nSPS) is 12.2. The van der Waals surface area contributed by atoms with Gasteiger partial charge in [-0.1, -0.05) is 0 Å². The monoisotopic (exact) mass is 256 g/mol. The van der Waals surface area contributed by atoms with Gasteiger partial charge in [-0.3, -0.25) is 4.79 Å². The molecule has 1 amide bonds. The van der Waals surface area contributed by atoms with Gasteiger partial charge in [-0.25, -0.2) is 8.78 Å². The maximum atomic E-state index is 13.3. The van der Waals surface area contributed by atoms with Gasteiger partial charge in [-0.2, -0.15) is 0 Å². The molecule has 1 rings (SSSR count). The minimum Gasteiger partial charge on any atom is -0.356 e. The summed E-state index contributed by atoms with van der Waals surface area (Å²) in [6, 6.07) is 3.28. The van der Waals surface area contributed by atoms with Crippen molar-refractivity contribution in [3.63, 3.8) is 0 Å². The summed E-state index contributed by atoms with van der Waals surface area (Å²) in [5, 5.41) is 2.65. The average Bonchev–Trinajstić information content (AvgIpc) is 2.31. The molecular weight excluding hydrogens is 238 g/mol. The molecule has 0 radical (unpaired) electrons. The maximum absolute atomic E-state index is 13.3. The molecule has 0 bridgehead atoms. The minimum absolute atomic E-state index is 0.0172. The van der Waals surface area contributed by atoms with E-state index >= 15 is 0 Å². The summed E-state index contributed by atoms with van der Waals surface area (Å²) < 4.78 is 26.1. The van der Waals surface area contributed by atoms with Crippen LogP contribution in [-0.4, -0.2) is 18.5 Å². The Balaban J connectivity index is 2.33. The Morgan fingerprint density at radius 1 is 1.44 bits per heavy atom. The number of hydrogen-bond donors (Lipinski definition) is 2. The van der Waals surface area contributed by atoms with Crippen LogP contribution in [0.3, 0.4) is 0 Å². The number of carbonyl (C=O) groups is 1. The van der Waals surface area contributed by atoms with Crippen LogP contribution in [0.5, 0.6) is 0 Å². The molecule has 5 heteroatoms. The van der Waals surface area contributed by atoms with Crippen molar-refractivity contribution in [2.45, 2.75) is 32.2 Å². The average molecular weight is 256 g/mol. The van der Waals surface area contributed by atoms with Crippen LogP contribution >= 0.6 is 0 Å². The molecule has 0 saturated carbocycles. The number of hydrogen-bond acceptors (Lipinski definition) is 2. The Morgan fingerprint density at radius 3 is 2.83 bits per heavy atom. The first-order valence-electron chi connectivity index (χ1n) is 5.95. The Labute approximate surface area is 105 Å².